The second-order valence-corrected chi connectivity index (χ2v) is 9.22. The molecule has 5 rings (SSSR count). The SMILES string of the molecule is COC(=O)CC(c1ccc2c(c1)CC(c1ccc(-c3cc(OC)ccc3F)cc1)OC2)C1CC1. The highest BCUT2D eigenvalue weighted by Gasteiger charge is 2.34. The first-order valence-corrected chi connectivity index (χ1v) is 11.8. The summed E-state index contributed by atoms with van der Waals surface area (Å²) in [6, 6.07) is 19.2. The van der Waals surface area contributed by atoms with Crippen molar-refractivity contribution in [2.75, 3.05) is 14.2 Å². The first-order valence-electron chi connectivity index (χ1n) is 11.8. The molecule has 0 radical (unpaired) electrons. The molecule has 1 aliphatic carbocycles. The van der Waals surface area contributed by atoms with Gasteiger partial charge >= 0.3 is 5.97 Å². The van der Waals surface area contributed by atoms with Crippen LogP contribution >= 0.6 is 0 Å². The summed E-state index contributed by atoms with van der Waals surface area (Å²) in [6.07, 6.45) is 3.48. The van der Waals surface area contributed by atoms with Gasteiger partial charge in [-0.2, -0.15) is 0 Å². The van der Waals surface area contributed by atoms with Crippen molar-refractivity contribution in [3.05, 3.63) is 88.7 Å². The Balaban J connectivity index is 1.35. The summed E-state index contributed by atoms with van der Waals surface area (Å²) in [4.78, 5) is 12.0. The number of halogens is 1. The molecule has 2 atom stereocenters. The molecule has 1 heterocycles. The molecule has 4 nitrogen and oxygen atoms in total. The maximum Gasteiger partial charge on any atom is 0.306 e. The van der Waals surface area contributed by atoms with E-state index in [4.69, 9.17) is 14.2 Å². The van der Waals surface area contributed by atoms with E-state index in [2.05, 4.69) is 18.2 Å². The molecule has 0 spiro atoms. The predicted octanol–water partition coefficient (Wildman–Crippen LogP) is 6.37. The third-order valence-corrected chi connectivity index (χ3v) is 7.08. The number of hydrogen-bond donors (Lipinski definition) is 0. The highest BCUT2D eigenvalue weighted by Crippen LogP contribution is 2.45. The molecule has 0 saturated heterocycles. The van der Waals surface area contributed by atoms with Gasteiger partial charge in [-0.25, -0.2) is 4.39 Å². The third kappa shape index (κ3) is 4.71. The molecular weight excluding hydrogens is 431 g/mol. The number of hydrogen-bond acceptors (Lipinski definition) is 4. The van der Waals surface area contributed by atoms with Crippen molar-refractivity contribution >= 4 is 5.97 Å². The van der Waals surface area contributed by atoms with Gasteiger partial charge in [-0.3, -0.25) is 4.79 Å². The smallest absolute Gasteiger partial charge is 0.306 e. The van der Waals surface area contributed by atoms with Crippen molar-refractivity contribution in [3.8, 4) is 16.9 Å². The summed E-state index contributed by atoms with van der Waals surface area (Å²) in [7, 11) is 3.03. The van der Waals surface area contributed by atoms with Crippen molar-refractivity contribution in [1.29, 1.82) is 0 Å². The van der Waals surface area contributed by atoms with Crippen LogP contribution in [0.25, 0.3) is 11.1 Å². The van der Waals surface area contributed by atoms with Crippen molar-refractivity contribution < 1.29 is 23.4 Å². The zero-order chi connectivity index (χ0) is 23.7. The van der Waals surface area contributed by atoms with Gasteiger partial charge in [0.25, 0.3) is 0 Å². The van der Waals surface area contributed by atoms with Crippen LogP contribution in [0.4, 0.5) is 4.39 Å². The van der Waals surface area contributed by atoms with E-state index in [-0.39, 0.29) is 23.8 Å². The monoisotopic (exact) mass is 460 g/mol. The van der Waals surface area contributed by atoms with E-state index < -0.39 is 0 Å². The fourth-order valence-corrected chi connectivity index (χ4v) is 4.92. The standard InChI is InChI=1S/C29H29FO4/c1-32-24-11-12-27(30)26(15-24)19-5-7-20(8-6-19)28-14-23-13-21(9-10-22(23)17-34-28)25(18-3-4-18)16-29(31)33-2/h5-13,15,18,25,28H,3-4,14,16-17H2,1-2H3. The van der Waals surface area contributed by atoms with E-state index in [1.165, 1.54) is 42.7 Å². The van der Waals surface area contributed by atoms with Crippen molar-refractivity contribution in [2.45, 2.75) is 44.3 Å². The number of ether oxygens (including phenoxy) is 3. The molecule has 1 saturated carbocycles. The highest BCUT2D eigenvalue weighted by molar-refractivity contribution is 5.70. The van der Waals surface area contributed by atoms with Gasteiger partial charge in [-0.05, 0) is 70.7 Å². The van der Waals surface area contributed by atoms with E-state index in [1.807, 2.05) is 24.3 Å². The summed E-state index contributed by atoms with van der Waals surface area (Å²) >= 11 is 0. The minimum absolute atomic E-state index is 0.0630. The zero-order valence-electron chi connectivity index (χ0n) is 19.6. The van der Waals surface area contributed by atoms with Crippen molar-refractivity contribution in [2.24, 2.45) is 5.92 Å². The molecule has 2 aliphatic rings. The van der Waals surface area contributed by atoms with Gasteiger partial charge in [-0.1, -0.05) is 42.5 Å². The first kappa shape index (κ1) is 22.6. The molecule has 0 N–H and O–H groups in total. The first-order chi connectivity index (χ1) is 16.6. The molecule has 5 heteroatoms. The fraction of sp³-hybridized carbons (Fsp3) is 0.345. The lowest BCUT2D eigenvalue weighted by Crippen LogP contribution is -2.17. The number of carbonyl (C=O) groups is 1. The van der Waals surface area contributed by atoms with Crippen LogP contribution in [0.3, 0.4) is 0 Å². The van der Waals surface area contributed by atoms with Gasteiger partial charge < -0.3 is 14.2 Å². The molecule has 3 aromatic rings. The Bertz CT molecular complexity index is 1180. The summed E-state index contributed by atoms with van der Waals surface area (Å²) in [5.74, 6) is 0.984. The van der Waals surface area contributed by atoms with Crippen LogP contribution in [0.1, 0.15) is 53.5 Å². The minimum Gasteiger partial charge on any atom is -0.497 e. The van der Waals surface area contributed by atoms with Gasteiger partial charge in [0, 0.05) is 12.0 Å². The molecule has 1 fully saturated rings. The van der Waals surface area contributed by atoms with Crippen LogP contribution in [-0.4, -0.2) is 20.2 Å². The Morgan fingerprint density at radius 2 is 1.82 bits per heavy atom. The largest absolute Gasteiger partial charge is 0.497 e. The molecule has 3 aromatic carbocycles. The number of esters is 1. The number of benzene rings is 3. The lowest BCUT2D eigenvalue weighted by Gasteiger charge is -2.27. The average molecular weight is 461 g/mol. The normalized spacial score (nSPS) is 18.1. The van der Waals surface area contributed by atoms with Crippen LogP contribution in [0.2, 0.25) is 0 Å². The Hall–Kier alpha value is -3.18. The second kappa shape index (κ2) is 9.59. The Kier molecular flexibility index (Phi) is 6.38. The minimum atomic E-state index is -0.277. The summed E-state index contributed by atoms with van der Waals surface area (Å²) in [5.41, 5.74) is 6.07. The Morgan fingerprint density at radius 1 is 1.03 bits per heavy atom. The molecule has 1 aliphatic heterocycles. The van der Waals surface area contributed by atoms with Gasteiger partial charge in [0.15, 0.2) is 0 Å². The third-order valence-electron chi connectivity index (χ3n) is 7.08. The summed E-state index contributed by atoms with van der Waals surface area (Å²) in [6.45, 7) is 0.553. The van der Waals surface area contributed by atoms with Crippen LogP contribution in [0.5, 0.6) is 5.75 Å². The molecule has 0 amide bonds. The van der Waals surface area contributed by atoms with E-state index in [1.54, 1.807) is 19.2 Å². The fourth-order valence-electron chi connectivity index (χ4n) is 4.92. The van der Waals surface area contributed by atoms with E-state index in [9.17, 15) is 9.18 Å². The lowest BCUT2D eigenvalue weighted by atomic mass is 9.86. The summed E-state index contributed by atoms with van der Waals surface area (Å²) < 4.78 is 30.7. The predicted molar refractivity (Wildman–Crippen MR) is 128 cm³/mol. The van der Waals surface area contributed by atoms with E-state index in [0.717, 1.165) is 17.5 Å². The van der Waals surface area contributed by atoms with Gasteiger partial charge in [0.2, 0.25) is 0 Å². The van der Waals surface area contributed by atoms with E-state index in [0.29, 0.717) is 30.3 Å². The van der Waals surface area contributed by atoms with Gasteiger partial charge in [0.1, 0.15) is 11.6 Å². The van der Waals surface area contributed by atoms with Crippen LogP contribution in [0, 0.1) is 11.7 Å². The van der Waals surface area contributed by atoms with Crippen LogP contribution in [-0.2, 0) is 27.3 Å². The molecule has 34 heavy (non-hydrogen) atoms. The number of methoxy groups -OCH3 is 2. The Labute approximate surface area is 199 Å². The maximum absolute atomic E-state index is 14.4. The average Bonchev–Trinajstić information content (AvgIpc) is 3.72. The van der Waals surface area contributed by atoms with Gasteiger partial charge in [0.05, 0.1) is 33.4 Å². The number of carbonyl (C=O) groups excluding carboxylic acids is 1. The molecule has 0 aromatic heterocycles. The van der Waals surface area contributed by atoms with E-state index >= 15 is 0 Å². The molecular formula is C29H29FO4. The zero-order valence-corrected chi connectivity index (χ0v) is 19.6. The molecule has 0 bridgehead atoms. The Morgan fingerprint density at radius 3 is 2.53 bits per heavy atom. The van der Waals surface area contributed by atoms with Crippen LogP contribution in [0.15, 0.2) is 60.7 Å². The molecule has 176 valence electrons. The number of fused-ring (bicyclic) bond motifs is 1. The quantitative estimate of drug-likeness (QED) is 0.384. The topological polar surface area (TPSA) is 44.8 Å². The lowest BCUT2D eigenvalue weighted by molar-refractivity contribution is -0.141. The second-order valence-electron chi connectivity index (χ2n) is 9.22. The summed E-state index contributed by atoms with van der Waals surface area (Å²) in [5, 5.41) is 0. The number of rotatable bonds is 7. The van der Waals surface area contributed by atoms with Crippen molar-refractivity contribution in [3.63, 3.8) is 0 Å². The van der Waals surface area contributed by atoms with Crippen molar-refractivity contribution in [1.82, 2.24) is 0 Å². The molecule has 2 unspecified atom stereocenters. The highest BCUT2D eigenvalue weighted by atomic mass is 19.1. The maximum atomic E-state index is 14.4. The van der Waals surface area contributed by atoms with Crippen LogP contribution < -0.4 is 4.74 Å². The van der Waals surface area contributed by atoms with Gasteiger partial charge in [-0.15, -0.1) is 0 Å².